The summed E-state index contributed by atoms with van der Waals surface area (Å²) in [5.74, 6) is -1.08. The van der Waals surface area contributed by atoms with E-state index in [0.29, 0.717) is 11.1 Å². The minimum Gasteiger partial charge on any atom is -0.504 e. The molecule has 0 fully saturated rings. The highest BCUT2D eigenvalue weighted by molar-refractivity contribution is 9.10. The topological polar surface area (TPSA) is 117 Å². The second-order valence-corrected chi connectivity index (χ2v) is 6.31. The Balaban J connectivity index is 2.15. The van der Waals surface area contributed by atoms with Crippen molar-refractivity contribution in [1.29, 1.82) is 5.26 Å². The van der Waals surface area contributed by atoms with Crippen molar-refractivity contribution in [3.8, 4) is 29.1 Å². The van der Waals surface area contributed by atoms with Gasteiger partial charge in [0.05, 0.1) is 10.0 Å². The SMILES string of the molecule is N#C/C(=C\c1cc(O)c(O)c(Br)c1)C(=S)NCc1ccc(O)c(O)c1. The van der Waals surface area contributed by atoms with Gasteiger partial charge < -0.3 is 25.7 Å². The molecule has 0 bridgehead atoms. The van der Waals surface area contributed by atoms with Gasteiger partial charge in [0.1, 0.15) is 11.1 Å². The Bertz CT molecular complexity index is 883. The van der Waals surface area contributed by atoms with Crippen LogP contribution in [-0.2, 0) is 6.54 Å². The van der Waals surface area contributed by atoms with Crippen LogP contribution >= 0.6 is 28.1 Å². The van der Waals surface area contributed by atoms with Crippen LogP contribution in [-0.4, -0.2) is 25.4 Å². The summed E-state index contributed by atoms with van der Waals surface area (Å²) in [6.07, 6.45) is 1.47. The number of benzene rings is 2. The Hall–Kier alpha value is -2.76. The first-order valence-electron chi connectivity index (χ1n) is 6.94. The van der Waals surface area contributed by atoms with Gasteiger partial charge in [0.2, 0.25) is 0 Å². The van der Waals surface area contributed by atoms with E-state index in [4.69, 9.17) is 12.2 Å². The molecule has 0 saturated carbocycles. The molecular weight excluding hydrogens is 408 g/mol. The molecule has 0 unspecified atom stereocenters. The van der Waals surface area contributed by atoms with E-state index in [1.54, 1.807) is 6.07 Å². The van der Waals surface area contributed by atoms with Gasteiger partial charge in [-0.2, -0.15) is 5.26 Å². The van der Waals surface area contributed by atoms with Crippen molar-refractivity contribution in [2.45, 2.75) is 6.54 Å². The second-order valence-electron chi connectivity index (χ2n) is 5.05. The van der Waals surface area contributed by atoms with Crippen LogP contribution in [0.3, 0.4) is 0 Å². The molecule has 6 nitrogen and oxygen atoms in total. The van der Waals surface area contributed by atoms with E-state index in [2.05, 4.69) is 21.2 Å². The third-order valence-corrected chi connectivity index (χ3v) is 4.20. The highest BCUT2D eigenvalue weighted by atomic mass is 79.9. The van der Waals surface area contributed by atoms with Crippen LogP contribution in [0.1, 0.15) is 11.1 Å². The molecule has 0 atom stereocenters. The van der Waals surface area contributed by atoms with Gasteiger partial charge in [-0.25, -0.2) is 0 Å². The number of nitrogens with zero attached hydrogens (tertiary/aromatic N) is 1. The van der Waals surface area contributed by atoms with E-state index in [9.17, 15) is 25.7 Å². The summed E-state index contributed by atoms with van der Waals surface area (Å²) in [6, 6.07) is 9.15. The Morgan fingerprint density at radius 1 is 1.12 bits per heavy atom. The van der Waals surface area contributed by atoms with Crippen LogP contribution in [0.25, 0.3) is 6.08 Å². The molecule has 2 rings (SSSR count). The molecule has 2 aromatic rings. The zero-order chi connectivity index (χ0) is 18.6. The number of aromatic hydroxyl groups is 4. The molecule has 0 aliphatic carbocycles. The van der Waals surface area contributed by atoms with E-state index in [1.807, 2.05) is 6.07 Å². The van der Waals surface area contributed by atoms with Gasteiger partial charge in [0, 0.05) is 6.54 Å². The largest absolute Gasteiger partial charge is 0.504 e. The Kier molecular flexibility index (Phi) is 5.85. The highest BCUT2D eigenvalue weighted by Gasteiger charge is 2.09. The molecule has 25 heavy (non-hydrogen) atoms. The Morgan fingerprint density at radius 2 is 1.84 bits per heavy atom. The summed E-state index contributed by atoms with van der Waals surface area (Å²) >= 11 is 8.29. The molecule has 0 aromatic heterocycles. The van der Waals surface area contributed by atoms with Crippen molar-refractivity contribution in [2.24, 2.45) is 0 Å². The fourth-order valence-corrected chi connectivity index (χ4v) is 2.60. The van der Waals surface area contributed by atoms with Crippen LogP contribution in [0.4, 0.5) is 0 Å². The van der Waals surface area contributed by atoms with Gasteiger partial charge >= 0.3 is 0 Å². The number of rotatable bonds is 4. The van der Waals surface area contributed by atoms with Crippen molar-refractivity contribution in [3.63, 3.8) is 0 Å². The van der Waals surface area contributed by atoms with Crippen molar-refractivity contribution in [3.05, 3.63) is 51.5 Å². The summed E-state index contributed by atoms with van der Waals surface area (Å²) in [6.45, 7) is 0.246. The summed E-state index contributed by atoms with van der Waals surface area (Å²) in [5, 5.41) is 50.1. The van der Waals surface area contributed by atoms with E-state index in [0.717, 1.165) is 0 Å². The molecule has 128 valence electrons. The molecule has 0 heterocycles. The summed E-state index contributed by atoms with van der Waals surface area (Å²) in [5.41, 5.74) is 1.31. The fraction of sp³-hybridized carbons (Fsp3) is 0.0588. The number of phenolic OH excluding ortho intramolecular Hbond substituents is 4. The van der Waals surface area contributed by atoms with Gasteiger partial charge in [-0.05, 0) is 57.4 Å². The lowest BCUT2D eigenvalue weighted by molar-refractivity contribution is 0.401. The van der Waals surface area contributed by atoms with Gasteiger partial charge in [-0.1, -0.05) is 18.3 Å². The second kappa shape index (κ2) is 7.88. The summed E-state index contributed by atoms with van der Waals surface area (Å²) < 4.78 is 0.287. The minimum atomic E-state index is -0.323. The Morgan fingerprint density at radius 3 is 2.44 bits per heavy atom. The van der Waals surface area contributed by atoms with E-state index < -0.39 is 0 Å². The lowest BCUT2D eigenvalue weighted by Gasteiger charge is -2.09. The minimum absolute atomic E-state index is 0.162. The van der Waals surface area contributed by atoms with Crippen LogP contribution < -0.4 is 5.32 Å². The average molecular weight is 421 g/mol. The molecule has 0 saturated heterocycles. The Labute approximate surface area is 157 Å². The zero-order valence-electron chi connectivity index (χ0n) is 12.7. The molecule has 0 radical (unpaired) electrons. The number of nitriles is 1. The molecule has 0 aliphatic heterocycles. The van der Waals surface area contributed by atoms with Crippen LogP contribution in [0.2, 0.25) is 0 Å². The lowest BCUT2D eigenvalue weighted by Crippen LogP contribution is -2.22. The third kappa shape index (κ3) is 4.62. The third-order valence-electron chi connectivity index (χ3n) is 3.23. The molecule has 8 heteroatoms. The number of nitrogens with one attached hydrogen (secondary N) is 1. The standard InChI is InChI=1S/C17H13BrN2O4S/c18-12-4-10(6-15(23)16(12)24)3-11(7-19)17(25)20-8-9-1-2-13(21)14(22)5-9/h1-6,21-24H,8H2,(H,20,25)/b11-3+. The first kappa shape index (κ1) is 18.6. The number of hydrogen-bond acceptors (Lipinski definition) is 6. The van der Waals surface area contributed by atoms with E-state index in [-0.39, 0.29) is 44.6 Å². The molecule has 2 aromatic carbocycles. The molecule has 0 spiro atoms. The predicted octanol–water partition coefficient (Wildman–Crippen LogP) is 3.30. The zero-order valence-corrected chi connectivity index (χ0v) is 15.1. The van der Waals surface area contributed by atoms with Crippen molar-refractivity contribution >= 4 is 39.2 Å². The average Bonchev–Trinajstić information content (AvgIpc) is 2.58. The van der Waals surface area contributed by atoms with Gasteiger partial charge in [-0.3, -0.25) is 0 Å². The van der Waals surface area contributed by atoms with Crippen molar-refractivity contribution in [1.82, 2.24) is 5.32 Å². The number of thiocarbonyl (C=S) groups is 1. The highest BCUT2D eigenvalue weighted by Crippen LogP contribution is 2.35. The summed E-state index contributed by atoms with van der Waals surface area (Å²) in [4.78, 5) is 0.179. The smallest absolute Gasteiger partial charge is 0.171 e. The van der Waals surface area contributed by atoms with Crippen molar-refractivity contribution in [2.75, 3.05) is 0 Å². The van der Waals surface area contributed by atoms with Crippen molar-refractivity contribution < 1.29 is 20.4 Å². The lowest BCUT2D eigenvalue weighted by atomic mass is 10.1. The normalized spacial score (nSPS) is 11.0. The number of phenols is 4. The molecular formula is C17H13BrN2O4S. The number of hydrogen-bond donors (Lipinski definition) is 5. The van der Waals surface area contributed by atoms with Gasteiger partial charge in [0.15, 0.2) is 23.0 Å². The maximum Gasteiger partial charge on any atom is 0.171 e. The first-order chi connectivity index (χ1) is 11.8. The molecule has 5 N–H and O–H groups in total. The maximum absolute atomic E-state index is 9.62. The molecule has 0 amide bonds. The van der Waals surface area contributed by atoms with Crippen LogP contribution in [0.15, 0.2) is 40.4 Å². The van der Waals surface area contributed by atoms with Crippen LogP contribution in [0, 0.1) is 11.3 Å². The van der Waals surface area contributed by atoms with Gasteiger partial charge in [-0.15, -0.1) is 0 Å². The maximum atomic E-state index is 9.62. The fourth-order valence-electron chi connectivity index (χ4n) is 1.96. The quantitative estimate of drug-likeness (QED) is 0.223. The predicted molar refractivity (Wildman–Crippen MR) is 100 cm³/mol. The molecule has 0 aliphatic rings. The monoisotopic (exact) mass is 420 g/mol. The number of halogens is 1. The summed E-state index contributed by atoms with van der Waals surface area (Å²) in [7, 11) is 0. The van der Waals surface area contributed by atoms with Gasteiger partial charge in [0.25, 0.3) is 0 Å². The first-order valence-corrected chi connectivity index (χ1v) is 8.14. The van der Waals surface area contributed by atoms with E-state index in [1.165, 1.54) is 30.3 Å². The van der Waals surface area contributed by atoms with E-state index >= 15 is 0 Å². The van der Waals surface area contributed by atoms with Crippen LogP contribution in [0.5, 0.6) is 23.0 Å².